The van der Waals surface area contributed by atoms with Gasteiger partial charge in [0, 0.05) is 70.0 Å². The van der Waals surface area contributed by atoms with E-state index in [2.05, 4.69) is 156 Å². The molecule has 0 N–H and O–H groups in total. The monoisotopic (exact) mass is 1020 g/mol. The number of nitrogens with zero attached hydrogens (tertiary/aromatic N) is 8. The van der Waals surface area contributed by atoms with Crippen molar-refractivity contribution in [1.29, 1.82) is 0 Å². The molecular formula is C72H46N8. The van der Waals surface area contributed by atoms with Gasteiger partial charge in [-0.3, -0.25) is 9.97 Å². The van der Waals surface area contributed by atoms with Crippen LogP contribution in [-0.4, -0.2) is 39.9 Å². The lowest BCUT2D eigenvalue weighted by atomic mass is 9.60. The molecule has 13 aromatic rings. The van der Waals surface area contributed by atoms with Crippen LogP contribution in [0.4, 0.5) is 0 Å². The second kappa shape index (κ2) is 19.7. The van der Waals surface area contributed by atoms with Gasteiger partial charge in [-0.1, -0.05) is 194 Å². The van der Waals surface area contributed by atoms with Crippen LogP contribution in [0.25, 0.3) is 113 Å². The van der Waals surface area contributed by atoms with Crippen LogP contribution in [0, 0.1) is 0 Å². The molecule has 0 saturated carbocycles. The van der Waals surface area contributed by atoms with Gasteiger partial charge in [0.25, 0.3) is 0 Å². The lowest BCUT2D eigenvalue weighted by Crippen LogP contribution is -2.27. The first-order valence-corrected chi connectivity index (χ1v) is 26.8. The zero-order valence-electron chi connectivity index (χ0n) is 43.1. The Labute approximate surface area is 463 Å². The van der Waals surface area contributed by atoms with E-state index < -0.39 is 0 Å². The molecule has 374 valence electrons. The van der Waals surface area contributed by atoms with Crippen LogP contribution in [0.3, 0.4) is 0 Å². The summed E-state index contributed by atoms with van der Waals surface area (Å²) in [6, 6.07) is 85.4. The highest BCUT2D eigenvalue weighted by molar-refractivity contribution is 5.79. The molecule has 2 unspecified atom stereocenters. The Bertz CT molecular complexity index is 4170. The van der Waals surface area contributed by atoms with Gasteiger partial charge >= 0.3 is 0 Å². The van der Waals surface area contributed by atoms with Crippen molar-refractivity contribution in [2.24, 2.45) is 0 Å². The van der Waals surface area contributed by atoms with E-state index in [1.54, 1.807) is 0 Å². The van der Waals surface area contributed by atoms with Crippen molar-refractivity contribution in [2.75, 3.05) is 0 Å². The van der Waals surface area contributed by atoms with E-state index in [0.29, 0.717) is 34.9 Å². The Morgan fingerprint density at radius 1 is 0.175 bits per heavy atom. The van der Waals surface area contributed by atoms with Crippen LogP contribution in [0.5, 0.6) is 0 Å². The van der Waals surface area contributed by atoms with Crippen molar-refractivity contribution < 1.29 is 0 Å². The summed E-state index contributed by atoms with van der Waals surface area (Å²) in [6.07, 6.45) is 7.25. The van der Waals surface area contributed by atoms with Crippen molar-refractivity contribution in [2.45, 2.75) is 11.8 Å². The predicted molar refractivity (Wildman–Crippen MR) is 318 cm³/mol. The average molecular weight is 1020 g/mol. The molecule has 16 rings (SSSR count). The van der Waals surface area contributed by atoms with Gasteiger partial charge in [0.15, 0.2) is 34.9 Å². The largest absolute Gasteiger partial charge is 0.265 e. The van der Waals surface area contributed by atoms with Crippen molar-refractivity contribution >= 4 is 0 Å². The molecule has 2 bridgehead atoms. The Hall–Kier alpha value is -10.7. The highest BCUT2D eigenvalue weighted by Gasteiger charge is 2.41. The second-order valence-corrected chi connectivity index (χ2v) is 20.3. The molecule has 4 aromatic heterocycles. The summed E-state index contributed by atoms with van der Waals surface area (Å²) in [5.74, 6) is 3.95. The van der Waals surface area contributed by atoms with Gasteiger partial charge in [0.05, 0.1) is 0 Å². The van der Waals surface area contributed by atoms with Crippen LogP contribution in [-0.2, 0) is 0 Å². The summed E-state index contributed by atoms with van der Waals surface area (Å²) in [6.45, 7) is 0. The average Bonchev–Trinajstić information content (AvgIpc) is 3.65. The third-order valence-corrected chi connectivity index (χ3v) is 15.6. The molecule has 9 aromatic carbocycles. The van der Waals surface area contributed by atoms with Crippen LogP contribution < -0.4 is 0 Å². The Kier molecular flexibility index (Phi) is 11.5. The first-order valence-electron chi connectivity index (χ1n) is 26.8. The number of pyridine rings is 2. The summed E-state index contributed by atoms with van der Waals surface area (Å²) in [5, 5.41) is 0. The van der Waals surface area contributed by atoms with E-state index in [-0.39, 0.29) is 11.8 Å². The van der Waals surface area contributed by atoms with Crippen LogP contribution in [0.2, 0.25) is 0 Å². The van der Waals surface area contributed by atoms with E-state index in [1.807, 2.05) is 122 Å². The Morgan fingerprint density at radius 2 is 0.438 bits per heavy atom. The van der Waals surface area contributed by atoms with Gasteiger partial charge in [0.2, 0.25) is 0 Å². The Morgan fingerprint density at radius 3 is 0.825 bits per heavy atom. The molecule has 0 amide bonds. The molecule has 4 heterocycles. The lowest BCUT2D eigenvalue weighted by Gasteiger charge is -2.42. The summed E-state index contributed by atoms with van der Waals surface area (Å²) in [5.41, 5.74) is 22.6. The Balaban J connectivity index is 0.737. The highest BCUT2D eigenvalue weighted by atomic mass is 15.0. The molecule has 8 heteroatoms. The minimum atomic E-state index is 0.108. The van der Waals surface area contributed by atoms with Gasteiger partial charge in [-0.15, -0.1) is 0 Å². The molecule has 0 aliphatic heterocycles. The van der Waals surface area contributed by atoms with Crippen molar-refractivity contribution in [3.05, 3.63) is 301 Å². The first-order chi connectivity index (χ1) is 39.6. The van der Waals surface area contributed by atoms with Crippen LogP contribution in [0.15, 0.2) is 267 Å². The summed E-state index contributed by atoms with van der Waals surface area (Å²) in [4.78, 5) is 38.7. The van der Waals surface area contributed by atoms with Crippen molar-refractivity contribution in [3.63, 3.8) is 0 Å². The molecule has 3 aliphatic rings. The van der Waals surface area contributed by atoms with Gasteiger partial charge in [-0.25, -0.2) is 29.9 Å². The molecule has 0 radical (unpaired) electrons. The molecule has 8 nitrogen and oxygen atoms in total. The zero-order chi connectivity index (χ0) is 52.9. The molecule has 0 spiro atoms. The zero-order valence-corrected chi connectivity index (χ0v) is 43.1. The van der Waals surface area contributed by atoms with E-state index in [0.717, 1.165) is 66.8 Å². The maximum atomic E-state index is 5.10. The van der Waals surface area contributed by atoms with Gasteiger partial charge in [-0.2, -0.15) is 0 Å². The molecule has 3 aliphatic carbocycles. The van der Waals surface area contributed by atoms with Crippen molar-refractivity contribution in [3.8, 4) is 113 Å². The van der Waals surface area contributed by atoms with E-state index >= 15 is 0 Å². The third-order valence-electron chi connectivity index (χ3n) is 15.6. The van der Waals surface area contributed by atoms with Crippen molar-refractivity contribution in [1.82, 2.24) is 39.9 Å². The predicted octanol–water partition coefficient (Wildman–Crippen LogP) is 16.5. The first kappa shape index (κ1) is 46.6. The standard InChI is InChI=1S/C72H46N8/c1-3-11-49(12-4-1)67-75-69(79-71(77-67)57-17-9-15-53(41-57)47-33-37-73-38-34-47)51-25-21-45(22-26-51)55-29-31-61-63(43-55)65-59-19-7-8-20-60(59)66(61)64-44-56(30-32-62(64)65)46-23-27-52(28-24-46)70-76-68(50-13-5-2-6-14-50)78-72(80-70)58-18-10-16-54(42-58)48-35-39-74-40-36-48/h1-44,65-66H. The fourth-order valence-corrected chi connectivity index (χ4v) is 11.7. The van der Waals surface area contributed by atoms with E-state index in [1.165, 1.54) is 44.5 Å². The van der Waals surface area contributed by atoms with Gasteiger partial charge in [0.1, 0.15) is 0 Å². The quantitative estimate of drug-likeness (QED) is 0.133. The number of hydrogen-bond donors (Lipinski definition) is 0. The molecule has 2 atom stereocenters. The second-order valence-electron chi connectivity index (χ2n) is 20.3. The maximum Gasteiger partial charge on any atom is 0.164 e. The van der Waals surface area contributed by atoms with Crippen LogP contribution >= 0.6 is 0 Å². The number of benzene rings is 9. The number of aromatic nitrogens is 8. The minimum Gasteiger partial charge on any atom is -0.265 e. The summed E-state index contributed by atoms with van der Waals surface area (Å²) in [7, 11) is 0. The van der Waals surface area contributed by atoms with Crippen LogP contribution in [0.1, 0.15) is 45.2 Å². The fraction of sp³-hybridized carbons (Fsp3) is 0.0278. The lowest BCUT2D eigenvalue weighted by molar-refractivity contribution is 0.755. The fourth-order valence-electron chi connectivity index (χ4n) is 11.7. The number of rotatable bonds is 10. The highest BCUT2D eigenvalue weighted by Crippen LogP contribution is 2.57. The topological polar surface area (TPSA) is 103 Å². The van der Waals surface area contributed by atoms with Gasteiger partial charge < -0.3 is 0 Å². The normalized spacial score (nSPS) is 13.8. The molecule has 0 fully saturated rings. The SMILES string of the molecule is c1ccc(-c2nc(-c3ccc(-c4ccc5c(c4)C4c6ccccc6C5c5cc(-c6ccc(-c7nc(-c8ccccc8)nc(-c8cccc(-c9ccncc9)c8)n7)cc6)ccc54)cc3)nc(-c3cccc(-c4ccncc4)c3)n2)cc1. The van der Waals surface area contributed by atoms with E-state index in [4.69, 9.17) is 29.9 Å². The van der Waals surface area contributed by atoms with E-state index in [9.17, 15) is 0 Å². The summed E-state index contributed by atoms with van der Waals surface area (Å²) < 4.78 is 0. The smallest absolute Gasteiger partial charge is 0.164 e. The molecule has 80 heavy (non-hydrogen) atoms. The minimum absolute atomic E-state index is 0.108. The molecular weight excluding hydrogens is 977 g/mol. The third kappa shape index (κ3) is 8.52. The molecule has 0 saturated heterocycles. The number of hydrogen-bond acceptors (Lipinski definition) is 8. The van der Waals surface area contributed by atoms with Gasteiger partial charge in [-0.05, 0) is 126 Å². The summed E-state index contributed by atoms with van der Waals surface area (Å²) >= 11 is 0. The maximum absolute atomic E-state index is 5.10.